The van der Waals surface area contributed by atoms with Gasteiger partial charge in [-0.25, -0.2) is 15.8 Å². The maximum atomic E-state index is 9.70. The second-order valence-corrected chi connectivity index (χ2v) is 5.98. The molecule has 0 radical (unpaired) electrons. The van der Waals surface area contributed by atoms with E-state index in [-0.39, 0.29) is 6.10 Å². The molecule has 6 nitrogen and oxygen atoms in total. The van der Waals surface area contributed by atoms with Gasteiger partial charge in [0.05, 0.1) is 6.10 Å². The summed E-state index contributed by atoms with van der Waals surface area (Å²) < 4.78 is 0. The molecule has 6 heteroatoms. The highest BCUT2D eigenvalue weighted by atomic mass is 16.3. The van der Waals surface area contributed by atoms with Crippen molar-refractivity contribution in [2.75, 3.05) is 17.3 Å². The van der Waals surface area contributed by atoms with E-state index < -0.39 is 0 Å². The van der Waals surface area contributed by atoms with Crippen LogP contribution in [0.4, 0.5) is 11.6 Å². The van der Waals surface area contributed by atoms with E-state index in [0.717, 1.165) is 37.4 Å². The summed E-state index contributed by atoms with van der Waals surface area (Å²) in [5.74, 6) is 8.86. The van der Waals surface area contributed by atoms with E-state index in [9.17, 15) is 5.11 Å². The third-order valence-corrected chi connectivity index (χ3v) is 4.16. The van der Waals surface area contributed by atoms with Crippen molar-refractivity contribution in [1.82, 2.24) is 9.97 Å². The van der Waals surface area contributed by atoms with Gasteiger partial charge in [0.25, 0.3) is 0 Å². The Morgan fingerprint density at radius 1 is 1.20 bits per heavy atom. The molecule has 0 saturated heterocycles. The topological polar surface area (TPSA) is 96.1 Å². The van der Waals surface area contributed by atoms with Crippen molar-refractivity contribution >= 4 is 11.6 Å². The number of hydrazine groups is 1. The summed E-state index contributed by atoms with van der Waals surface area (Å²) in [7, 11) is 0. The van der Waals surface area contributed by atoms with Gasteiger partial charge in [-0.3, -0.25) is 0 Å². The summed E-state index contributed by atoms with van der Waals surface area (Å²) in [5, 5.41) is 13.1. The number of nitrogens with one attached hydrogen (secondary N) is 2. The zero-order chi connectivity index (χ0) is 13.9. The minimum absolute atomic E-state index is 0.135. The quantitative estimate of drug-likeness (QED) is 0.482. The van der Waals surface area contributed by atoms with Gasteiger partial charge < -0.3 is 15.8 Å². The normalized spacial score (nSPS) is 26.3. The van der Waals surface area contributed by atoms with Crippen molar-refractivity contribution in [3.63, 3.8) is 0 Å². The molecule has 1 aromatic heterocycles. The number of hydrogen-bond donors (Lipinski definition) is 4. The Balaban J connectivity index is 1.62. The zero-order valence-corrected chi connectivity index (χ0v) is 11.7. The van der Waals surface area contributed by atoms with Crippen LogP contribution in [0.1, 0.15) is 50.3 Å². The van der Waals surface area contributed by atoms with Crippen molar-refractivity contribution < 1.29 is 5.11 Å². The van der Waals surface area contributed by atoms with Gasteiger partial charge in [0, 0.05) is 18.5 Å². The molecule has 0 spiro atoms. The SMILES string of the molecule is NNc1cc(NCC2CCCC(O)C2)nc(C2CC2)n1. The standard InChI is InChI=1S/C14H23N5O/c15-19-13-7-12(17-14(18-13)10-4-5-10)16-8-9-2-1-3-11(20)6-9/h7,9-11,20H,1-6,8,15H2,(H2,16,17,18,19). The van der Waals surface area contributed by atoms with Crippen molar-refractivity contribution in [1.29, 1.82) is 0 Å². The second-order valence-electron chi connectivity index (χ2n) is 5.98. The summed E-state index contributed by atoms with van der Waals surface area (Å²) in [6, 6.07) is 1.84. The highest BCUT2D eigenvalue weighted by Gasteiger charge is 2.27. The van der Waals surface area contributed by atoms with Gasteiger partial charge in [-0.05, 0) is 38.0 Å². The van der Waals surface area contributed by atoms with Crippen LogP contribution in [-0.2, 0) is 0 Å². The van der Waals surface area contributed by atoms with Crippen LogP contribution in [0.15, 0.2) is 6.07 Å². The lowest BCUT2D eigenvalue weighted by molar-refractivity contribution is 0.104. The molecule has 2 saturated carbocycles. The first kappa shape index (κ1) is 13.6. The molecule has 20 heavy (non-hydrogen) atoms. The Morgan fingerprint density at radius 2 is 2.00 bits per heavy atom. The molecule has 2 atom stereocenters. The Kier molecular flexibility index (Phi) is 4.03. The second kappa shape index (κ2) is 5.93. The molecular formula is C14H23N5O. The van der Waals surface area contributed by atoms with E-state index in [0.29, 0.717) is 17.7 Å². The number of anilines is 2. The molecule has 110 valence electrons. The summed E-state index contributed by atoms with van der Waals surface area (Å²) in [5.41, 5.74) is 2.60. The molecule has 2 fully saturated rings. The first-order valence-corrected chi connectivity index (χ1v) is 7.52. The Morgan fingerprint density at radius 3 is 2.70 bits per heavy atom. The monoisotopic (exact) mass is 277 g/mol. The van der Waals surface area contributed by atoms with Gasteiger partial charge >= 0.3 is 0 Å². The Labute approximate surface area is 119 Å². The van der Waals surface area contributed by atoms with Gasteiger partial charge in [-0.2, -0.15) is 0 Å². The molecule has 0 aliphatic heterocycles. The zero-order valence-electron chi connectivity index (χ0n) is 11.7. The van der Waals surface area contributed by atoms with E-state index in [2.05, 4.69) is 20.7 Å². The molecule has 0 amide bonds. The number of nitrogen functional groups attached to an aromatic ring is 1. The highest BCUT2D eigenvalue weighted by Crippen LogP contribution is 2.38. The lowest BCUT2D eigenvalue weighted by Crippen LogP contribution is -2.25. The molecule has 5 N–H and O–H groups in total. The predicted molar refractivity (Wildman–Crippen MR) is 78.3 cm³/mol. The number of rotatable bonds is 5. The molecule has 2 unspecified atom stereocenters. The van der Waals surface area contributed by atoms with Crippen LogP contribution in [0.2, 0.25) is 0 Å². The lowest BCUT2D eigenvalue weighted by atomic mass is 9.87. The molecule has 3 rings (SSSR count). The molecular weight excluding hydrogens is 254 g/mol. The number of aliphatic hydroxyl groups excluding tert-OH is 1. The number of nitrogens with two attached hydrogens (primary N) is 1. The minimum atomic E-state index is -0.135. The first-order chi connectivity index (χ1) is 9.74. The van der Waals surface area contributed by atoms with Gasteiger partial charge in [0.2, 0.25) is 0 Å². The summed E-state index contributed by atoms with van der Waals surface area (Å²) in [4.78, 5) is 8.96. The van der Waals surface area contributed by atoms with Crippen molar-refractivity contribution in [3.05, 3.63) is 11.9 Å². The van der Waals surface area contributed by atoms with Crippen LogP contribution in [0.5, 0.6) is 0 Å². The largest absolute Gasteiger partial charge is 0.393 e. The van der Waals surface area contributed by atoms with Crippen LogP contribution in [0.3, 0.4) is 0 Å². The fraction of sp³-hybridized carbons (Fsp3) is 0.714. The van der Waals surface area contributed by atoms with Crippen molar-refractivity contribution in [2.24, 2.45) is 11.8 Å². The number of aliphatic hydroxyl groups is 1. The molecule has 2 aliphatic carbocycles. The fourth-order valence-corrected chi connectivity index (χ4v) is 2.85. The minimum Gasteiger partial charge on any atom is -0.393 e. The average Bonchev–Trinajstić information content (AvgIpc) is 3.29. The van der Waals surface area contributed by atoms with E-state index in [4.69, 9.17) is 5.84 Å². The lowest BCUT2D eigenvalue weighted by Gasteiger charge is -2.26. The van der Waals surface area contributed by atoms with E-state index in [1.54, 1.807) is 0 Å². The van der Waals surface area contributed by atoms with Gasteiger partial charge in [-0.15, -0.1) is 0 Å². The highest BCUT2D eigenvalue weighted by molar-refractivity contribution is 5.47. The molecule has 1 aromatic rings. The number of aromatic nitrogens is 2. The summed E-state index contributed by atoms with van der Waals surface area (Å²) >= 11 is 0. The molecule has 1 heterocycles. The molecule has 2 aliphatic rings. The van der Waals surface area contributed by atoms with Crippen molar-refractivity contribution in [3.8, 4) is 0 Å². The van der Waals surface area contributed by atoms with Crippen LogP contribution in [-0.4, -0.2) is 27.7 Å². The average molecular weight is 277 g/mol. The molecule has 0 bridgehead atoms. The smallest absolute Gasteiger partial charge is 0.145 e. The van der Waals surface area contributed by atoms with Crippen LogP contribution >= 0.6 is 0 Å². The van der Waals surface area contributed by atoms with E-state index in [1.165, 1.54) is 19.3 Å². The summed E-state index contributed by atoms with van der Waals surface area (Å²) in [6.07, 6.45) is 6.31. The molecule has 0 aromatic carbocycles. The Bertz CT molecular complexity index is 463. The van der Waals surface area contributed by atoms with Crippen LogP contribution in [0.25, 0.3) is 0 Å². The maximum absolute atomic E-state index is 9.70. The fourth-order valence-electron chi connectivity index (χ4n) is 2.85. The van der Waals surface area contributed by atoms with Gasteiger partial charge in [0.15, 0.2) is 0 Å². The number of hydrogen-bond acceptors (Lipinski definition) is 6. The van der Waals surface area contributed by atoms with E-state index >= 15 is 0 Å². The first-order valence-electron chi connectivity index (χ1n) is 7.52. The van der Waals surface area contributed by atoms with Gasteiger partial charge in [-0.1, -0.05) is 6.42 Å². The number of nitrogens with zero attached hydrogens (tertiary/aromatic N) is 2. The predicted octanol–water partition coefficient (Wildman–Crippen LogP) is 1.60. The summed E-state index contributed by atoms with van der Waals surface area (Å²) in [6.45, 7) is 0.849. The third kappa shape index (κ3) is 3.37. The third-order valence-electron chi connectivity index (χ3n) is 4.16. The maximum Gasteiger partial charge on any atom is 0.145 e. The van der Waals surface area contributed by atoms with Gasteiger partial charge in [0.1, 0.15) is 17.5 Å². The van der Waals surface area contributed by atoms with Crippen LogP contribution < -0.4 is 16.6 Å². The van der Waals surface area contributed by atoms with Crippen LogP contribution in [0, 0.1) is 5.92 Å². The Hall–Kier alpha value is -1.40. The van der Waals surface area contributed by atoms with E-state index in [1.807, 2.05) is 6.07 Å². The van der Waals surface area contributed by atoms with Crippen molar-refractivity contribution in [2.45, 2.75) is 50.5 Å².